The van der Waals surface area contributed by atoms with E-state index in [0.717, 1.165) is 17.9 Å². The zero-order chi connectivity index (χ0) is 15.7. The smallest absolute Gasteiger partial charge is 0.0223 e. The monoisotopic (exact) mass is 296 g/mol. The van der Waals surface area contributed by atoms with E-state index in [1.54, 1.807) is 0 Å². The van der Waals surface area contributed by atoms with Gasteiger partial charge in [0.2, 0.25) is 0 Å². The molecule has 0 aromatic heterocycles. The molecule has 0 aromatic rings. The van der Waals surface area contributed by atoms with Crippen LogP contribution in [-0.2, 0) is 0 Å². The molecule has 2 atom stereocenters. The Morgan fingerprint density at radius 1 is 0.952 bits per heavy atom. The molecule has 21 heavy (non-hydrogen) atoms. The van der Waals surface area contributed by atoms with Crippen molar-refractivity contribution in [3.8, 4) is 0 Å². The fourth-order valence-electron chi connectivity index (χ4n) is 3.62. The lowest BCUT2D eigenvalue weighted by Gasteiger charge is -2.42. The van der Waals surface area contributed by atoms with Gasteiger partial charge < -0.3 is 5.32 Å². The fraction of sp³-hybridized carbons (Fsp3) is 1.00. The molecule has 1 aliphatic heterocycles. The topological polar surface area (TPSA) is 15.3 Å². The predicted molar refractivity (Wildman–Crippen MR) is 94.8 cm³/mol. The van der Waals surface area contributed by atoms with Crippen LogP contribution in [0.3, 0.4) is 0 Å². The van der Waals surface area contributed by atoms with E-state index in [9.17, 15) is 0 Å². The van der Waals surface area contributed by atoms with Crippen molar-refractivity contribution in [3.05, 3.63) is 0 Å². The first-order valence-electron chi connectivity index (χ1n) is 9.50. The third-order valence-electron chi connectivity index (χ3n) is 4.66. The molecule has 0 spiro atoms. The van der Waals surface area contributed by atoms with Crippen LogP contribution in [0.2, 0.25) is 0 Å². The van der Waals surface area contributed by atoms with Gasteiger partial charge in [-0.25, -0.2) is 0 Å². The van der Waals surface area contributed by atoms with Gasteiger partial charge in [-0.05, 0) is 37.6 Å². The Balaban J connectivity index is 2.40. The molecule has 2 nitrogen and oxygen atoms in total. The van der Waals surface area contributed by atoms with Crippen molar-refractivity contribution in [1.29, 1.82) is 0 Å². The van der Waals surface area contributed by atoms with Crippen LogP contribution in [-0.4, -0.2) is 36.6 Å². The van der Waals surface area contributed by atoms with Crippen molar-refractivity contribution in [2.75, 3.05) is 19.6 Å². The second-order valence-electron chi connectivity index (χ2n) is 7.93. The van der Waals surface area contributed by atoms with Gasteiger partial charge in [0, 0.05) is 25.2 Å². The van der Waals surface area contributed by atoms with Gasteiger partial charge in [-0.15, -0.1) is 0 Å². The molecule has 0 bridgehead atoms. The minimum Gasteiger partial charge on any atom is -0.311 e. The molecule has 0 aliphatic carbocycles. The molecular weight excluding hydrogens is 256 g/mol. The first-order valence-corrected chi connectivity index (χ1v) is 9.50. The number of nitrogens with zero attached hydrogens (tertiary/aromatic N) is 1. The van der Waals surface area contributed by atoms with E-state index >= 15 is 0 Å². The summed E-state index contributed by atoms with van der Waals surface area (Å²) in [5, 5.41) is 3.80. The molecule has 1 saturated heterocycles. The van der Waals surface area contributed by atoms with Crippen molar-refractivity contribution in [2.45, 2.75) is 91.6 Å². The molecule has 2 unspecified atom stereocenters. The van der Waals surface area contributed by atoms with Crippen LogP contribution in [0.4, 0.5) is 0 Å². The zero-order valence-electron chi connectivity index (χ0n) is 15.3. The fourth-order valence-corrected chi connectivity index (χ4v) is 3.62. The number of hydrogen-bond acceptors (Lipinski definition) is 2. The highest BCUT2D eigenvalue weighted by molar-refractivity contribution is 4.87. The Bertz CT molecular complexity index is 250. The van der Waals surface area contributed by atoms with Crippen molar-refractivity contribution >= 4 is 0 Å². The average Bonchev–Trinajstić information content (AvgIpc) is 2.40. The van der Waals surface area contributed by atoms with E-state index in [4.69, 9.17) is 0 Å². The minimum atomic E-state index is 0.712. The molecule has 1 N–H and O–H groups in total. The molecule has 0 saturated carbocycles. The summed E-state index contributed by atoms with van der Waals surface area (Å²) >= 11 is 0. The van der Waals surface area contributed by atoms with E-state index in [2.05, 4.69) is 44.8 Å². The largest absolute Gasteiger partial charge is 0.311 e. The van der Waals surface area contributed by atoms with Gasteiger partial charge in [-0.1, -0.05) is 60.3 Å². The van der Waals surface area contributed by atoms with E-state index in [-0.39, 0.29) is 0 Å². The van der Waals surface area contributed by atoms with Crippen LogP contribution in [0.5, 0.6) is 0 Å². The summed E-state index contributed by atoms with van der Waals surface area (Å²) in [6, 6.07) is 1.48. The lowest BCUT2D eigenvalue weighted by Crippen LogP contribution is -2.57. The molecule has 0 radical (unpaired) electrons. The predicted octanol–water partition coefficient (Wildman–Crippen LogP) is 4.69. The average molecular weight is 297 g/mol. The Morgan fingerprint density at radius 3 is 2.24 bits per heavy atom. The van der Waals surface area contributed by atoms with Crippen LogP contribution in [0, 0.1) is 11.8 Å². The summed E-state index contributed by atoms with van der Waals surface area (Å²) in [5.41, 5.74) is 0. The lowest BCUT2D eigenvalue weighted by molar-refractivity contribution is 0.105. The van der Waals surface area contributed by atoms with E-state index in [1.807, 2.05) is 0 Å². The summed E-state index contributed by atoms with van der Waals surface area (Å²) in [7, 11) is 0. The molecule has 126 valence electrons. The second kappa shape index (κ2) is 10.6. The van der Waals surface area contributed by atoms with E-state index in [0.29, 0.717) is 6.04 Å². The van der Waals surface area contributed by atoms with Gasteiger partial charge in [0.05, 0.1) is 0 Å². The van der Waals surface area contributed by atoms with Gasteiger partial charge in [0.15, 0.2) is 0 Å². The van der Waals surface area contributed by atoms with E-state index in [1.165, 1.54) is 64.6 Å². The molecule has 1 fully saturated rings. The molecule has 0 amide bonds. The van der Waals surface area contributed by atoms with Crippen LogP contribution < -0.4 is 5.32 Å². The molecule has 1 aliphatic rings. The maximum absolute atomic E-state index is 3.80. The Labute approximate surface area is 134 Å². The SMILES string of the molecule is CCCCCCCN1CC(CC(C)C)NCC1CC(C)C. The van der Waals surface area contributed by atoms with Crippen molar-refractivity contribution in [2.24, 2.45) is 11.8 Å². The maximum Gasteiger partial charge on any atom is 0.0223 e. The molecular formula is C19H40N2. The first-order chi connectivity index (χ1) is 10.0. The van der Waals surface area contributed by atoms with E-state index < -0.39 is 0 Å². The number of unbranched alkanes of at least 4 members (excludes halogenated alkanes) is 4. The third-order valence-corrected chi connectivity index (χ3v) is 4.66. The summed E-state index contributed by atoms with van der Waals surface area (Å²) in [4.78, 5) is 2.80. The summed E-state index contributed by atoms with van der Waals surface area (Å²) in [5.74, 6) is 1.61. The second-order valence-corrected chi connectivity index (χ2v) is 7.93. The van der Waals surface area contributed by atoms with Gasteiger partial charge in [0.1, 0.15) is 0 Å². The number of nitrogens with one attached hydrogen (secondary N) is 1. The lowest BCUT2D eigenvalue weighted by atomic mass is 9.95. The van der Waals surface area contributed by atoms with Gasteiger partial charge in [-0.3, -0.25) is 4.90 Å². The Kier molecular flexibility index (Phi) is 9.59. The van der Waals surface area contributed by atoms with Crippen LogP contribution >= 0.6 is 0 Å². The van der Waals surface area contributed by atoms with Crippen molar-refractivity contribution < 1.29 is 0 Å². The highest BCUT2D eigenvalue weighted by Crippen LogP contribution is 2.19. The number of rotatable bonds is 10. The molecule has 1 rings (SSSR count). The van der Waals surface area contributed by atoms with Crippen LogP contribution in [0.15, 0.2) is 0 Å². The van der Waals surface area contributed by atoms with Gasteiger partial charge in [0.25, 0.3) is 0 Å². The summed E-state index contributed by atoms with van der Waals surface area (Å²) < 4.78 is 0. The zero-order valence-corrected chi connectivity index (χ0v) is 15.3. The molecule has 1 heterocycles. The van der Waals surface area contributed by atoms with Gasteiger partial charge in [-0.2, -0.15) is 0 Å². The molecule has 0 aromatic carbocycles. The first kappa shape index (κ1) is 19.0. The van der Waals surface area contributed by atoms with Gasteiger partial charge >= 0.3 is 0 Å². The normalized spacial score (nSPS) is 24.1. The number of hydrogen-bond donors (Lipinski definition) is 1. The summed E-state index contributed by atoms with van der Waals surface area (Å²) in [6.07, 6.45) is 9.65. The van der Waals surface area contributed by atoms with Crippen molar-refractivity contribution in [3.63, 3.8) is 0 Å². The molecule has 2 heteroatoms. The van der Waals surface area contributed by atoms with Crippen LogP contribution in [0.1, 0.15) is 79.6 Å². The highest BCUT2D eigenvalue weighted by atomic mass is 15.2. The third kappa shape index (κ3) is 8.21. The minimum absolute atomic E-state index is 0.712. The van der Waals surface area contributed by atoms with Crippen molar-refractivity contribution in [1.82, 2.24) is 10.2 Å². The maximum atomic E-state index is 3.80. The highest BCUT2D eigenvalue weighted by Gasteiger charge is 2.28. The van der Waals surface area contributed by atoms with Crippen LogP contribution in [0.25, 0.3) is 0 Å². The Hall–Kier alpha value is -0.0800. The number of piperazine rings is 1. The standard InChI is InChI=1S/C19H40N2/c1-6-7-8-9-10-11-21-15-18(12-16(2)3)20-14-19(21)13-17(4)5/h16-20H,6-15H2,1-5H3. The Morgan fingerprint density at radius 2 is 1.62 bits per heavy atom. The quantitative estimate of drug-likeness (QED) is 0.588. The summed E-state index contributed by atoms with van der Waals surface area (Å²) in [6.45, 7) is 15.5.